The first kappa shape index (κ1) is 12.8. The van der Waals surface area contributed by atoms with Gasteiger partial charge in [0.15, 0.2) is 11.6 Å². The molecule has 0 spiro atoms. The summed E-state index contributed by atoms with van der Waals surface area (Å²) in [7, 11) is 1.17. The van der Waals surface area contributed by atoms with Crippen LogP contribution in [0.2, 0.25) is 0 Å². The second-order valence-corrected chi connectivity index (χ2v) is 3.23. The van der Waals surface area contributed by atoms with Crippen LogP contribution in [0.25, 0.3) is 10.4 Å². The molecule has 0 aliphatic heterocycles. The van der Waals surface area contributed by atoms with Gasteiger partial charge in [0.2, 0.25) is 0 Å². The molecule has 0 radical (unpaired) electrons. The summed E-state index contributed by atoms with van der Waals surface area (Å²) in [5, 5.41) is 12.3. The van der Waals surface area contributed by atoms with Crippen molar-refractivity contribution in [2.75, 3.05) is 7.11 Å². The third-order valence-corrected chi connectivity index (χ3v) is 2.11. The lowest BCUT2D eigenvalue weighted by molar-refractivity contribution is -0.142. The van der Waals surface area contributed by atoms with Crippen molar-refractivity contribution in [1.82, 2.24) is 0 Å². The van der Waals surface area contributed by atoms with Crippen molar-refractivity contribution >= 4 is 5.97 Å². The predicted molar refractivity (Wildman–Crippen MR) is 56.7 cm³/mol. The molecule has 0 saturated heterocycles. The van der Waals surface area contributed by atoms with Crippen molar-refractivity contribution in [3.63, 3.8) is 0 Å². The molecule has 0 aromatic heterocycles. The van der Waals surface area contributed by atoms with Gasteiger partial charge in [-0.05, 0) is 29.6 Å². The molecule has 0 aliphatic rings. The van der Waals surface area contributed by atoms with Crippen LogP contribution in [0.15, 0.2) is 23.3 Å². The Morgan fingerprint density at radius 1 is 1.71 bits per heavy atom. The molecular weight excluding hydrogens is 229 g/mol. The lowest BCUT2D eigenvalue weighted by atomic mass is 10.1. The van der Waals surface area contributed by atoms with Crippen molar-refractivity contribution in [2.45, 2.75) is 12.5 Å². The number of phenols is 1. The van der Waals surface area contributed by atoms with Crippen molar-refractivity contribution in [3.8, 4) is 5.75 Å². The Balaban J connectivity index is 2.89. The number of phenolic OH excluding ortho intramolecular Hbond substituents is 1. The van der Waals surface area contributed by atoms with E-state index in [9.17, 15) is 9.18 Å². The van der Waals surface area contributed by atoms with Gasteiger partial charge in [0.25, 0.3) is 0 Å². The summed E-state index contributed by atoms with van der Waals surface area (Å²) in [5.41, 5.74) is 8.71. The molecule has 7 heteroatoms. The first-order chi connectivity index (χ1) is 8.08. The van der Waals surface area contributed by atoms with Crippen molar-refractivity contribution < 1.29 is 19.0 Å². The van der Waals surface area contributed by atoms with E-state index in [1.165, 1.54) is 13.2 Å². The Morgan fingerprint density at radius 3 is 2.94 bits per heavy atom. The van der Waals surface area contributed by atoms with Gasteiger partial charge in [0.1, 0.15) is 6.04 Å². The SMILES string of the molecule is COC(=O)C(Cc1ccc(O)c(F)c1)N=[N+]=[N-]. The zero-order valence-corrected chi connectivity index (χ0v) is 9.00. The second-order valence-electron chi connectivity index (χ2n) is 3.23. The Bertz CT molecular complexity index is 472. The fourth-order valence-corrected chi connectivity index (χ4v) is 1.27. The number of nitrogens with zero attached hydrogens (tertiary/aromatic N) is 3. The fourth-order valence-electron chi connectivity index (χ4n) is 1.27. The number of carbonyl (C=O) groups is 1. The van der Waals surface area contributed by atoms with Gasteiger partial charge >= 0.3 is 5.97 Å². The lowest BCUT2D eigenvalue weighted by Gasteiger charge is -2.08. The number of aromatic hydroxyl groups is 1. The molecule has 6 nitrogen and oxygen atoms in total. The maximum absolute atomic E-state index is 13.0. The number of esters is 1. The number of carbonyl (C=O) groups excluding carboxylic acids is 1. The van der Waals surface area contributed by atoms with Gasteiger partial charge in [0, 0.05) is 4.91 Å². The van der Waals surface area contributed by atoms with Crippen LogP contribution in [-0.2, 0) is 16.0 Å². The van der Waals surface area contributed by atoms with E-state index in [0.29, 0.717) is 5.56 Å². The van der Waals surface area contributed by atoms with Gasteiger partial charge in [-0.1, -0.05) is 11.2 Å². The number of hydrogen-bond donors (Lipinski definition) is 1. The summed E-state index contributed by atoms with van der Waals surface area (Å²) in [4.78, 5) is 13.8. The lowest BCUT2D eigenvalue weighted by Crippen LogP contribution is -2.22. The van der Waals surface area contributed by atoms with Crippen LogP contribution in [0, 0.1) is 5.82 Å². The number of ether oxygens (including phenoxy) is 1. The van der Waals surface area contributed by atoms with E-state index in [-0.39, 0.29) is 6.42 Å². The summed E-state index contributed by atoms with van der Waals surface area (Å²) in [6.07, 6.45) is 0.00787. The highest BCUT2D eigenvalue weighted by Crippen LogP contribution is 2.18. The van der Waals surface area contributed by atoms with Crippen LogP contribution in [0.4, 0.5) is 4.39 Å². The molecule has 0 saturated carbocycles. The molecule has 1 rings (SSSR count). The molecule has 1 atom stereocenters. The Labute approximate surface area is 96.3 Å². The monoisotopic (exact) mass is 239 g/mol. The van der Waals surface area contributed by atoms with Crippen LogP contribution in [0.5, 0.6) is 5.75 Å². The van der Waals surface area contributed by atoms with Gasteiger partial charge in [-0.3, -0.25) is 4.79 Å². The van der Waals surface area contributed by atoms with Crippen LogP contribution >= 0.6 is 0 Å². The van der Waals surface area contributed by atoms with Crippen molar-refractivity contribution in [3.05, 3.63) is 40.0 Å². The predicted octanol–water partition coefficient (Wildman–Crippen LogP) is 1.93. The minimum absolute atomic E-state index is 0.00787. The first-order valence-electron chi connectivity index (χ1n) is 4.68. The van der Waals surface area contributed by atoms with Crippen LogP contribution < -0.4 is 0 Å². The molecule has 17 heavy (non-hydrogen) atoms. The highest BCUT2D eigenvalue weighted by atomic mass is 19.1. The molecule has 90 valence electrons. The fraction of sp³-hybridized carbons (Fsp3) is 0.300. The van der Waals surface area contributed by atoms with E-state index < -0.39 is 23.6 Å². The summed E-state index contributed by atoms with van der Waals surface area (Å²) < 4.78 is 17.5. The summed E-state index contributed by atoms with van der Waals surface area (Å²) in [5.74, 6) is -1.98. The van der Waals surface area contributed by atoms with E-state index in [1.807, 2.05) is 0 Å². The number of methoxy groups -OCH3 is 1. The first-order valence-corrected chi connectivity index (χ1v) is 4.68. The van der Waals surface area contributed by atoms with E-state index in [4.69, 9.17) is 10.6 Å². The van der Waals surface area contributed by atoms with Crippen LogP contribution in [-0.4, -0.2) is 24.2 Å². The molecule has 0 aliphatic carbocycles. The molecule has 1 aromatic rings. The maximum atomic E-state index is 13.0. The summed E-state index contributed by atoms with van der Waals surface area (Å²) >= 11 is 0. The molecule has 0 bridgehead atoms. The maximum Gasteiger partial charge on any atom is 0.314 e. The minimum atomic E-state index is -1.05. The standard InChI is InChI=1S/C10H10FN3O3/c1-17-10(16)8(13-14-12)5-6-2-3-9(15)7(11)4-6/h2-4,8,15H,5H2,1H3. The molecule has 0 heterocycles. The molecule has 0 amide bonds. The number of halogens is 1. The van der Waals surface area contributed by atoms with E-state index in [2.05, 4.69) is 14.8 Å². The smallest absolute Gasteiger partial charge is 0.314 e. The number of rotatable bonds is 4. The van der Waals surface area contributed by atoms with Crippen molar-refractivity contribution in [2.24, 2.45) is 5.11 Å². The van der Waals surface area contributed by atoms with Crippen molar-refractivity contribution in [1.29, 1.82) is 0 Å². The van der Waals surface area contributed by atoms with Gasteiger partial charge in [-0.15, -0.1) is 0 Å². The van der Waals surface area contributed by atoms with E-state index >= 15 is 0 Å². The van der Waals surface area contributed by atoms with Gasteiger partial charge in [-0.2, -0.15) is 0 Å². The summed E-state index contributed by atoms with van der Waals surface area (Å²) in [6.45, 7) is 0. The van der Waals surface area contributed by atoms with E-state index in [0.717, 1.165) is 12.1 Å². The number of hydrogen-bond acceptors (Lipinski definition) is 4. The van der Waals surface area contributed by atoms with Gasteiger partial charge in [-0.25, -0.2) is 4.39 Å². The molecule has 0 fully saturated rings. The Kier molecular flexibility index (Phi) is 4.30. The third-order valence-electron chi connectivity index (χ3n) is 2.11. The Morgan fingerprint density at radius 2 is 2.41 bits per heavy atom. The molecule has 1 N–H and O–H groups in total. The van der Waals surface area contributed by atoms with Crippen LogP contribution in [0.3, 0.4) is 0 Å². The average Bonchev–Trinajstić information content (AvgIpc) is 2.32. The zero-order chi connectivity index (χ0) is 12.8. The molecule has 1 unspecified atom stereocenters. The van der Waals surface area contributed by atoms with Gasteiger partial charge in [0.05, 0.1) is 7.11 Å². The normalized spacial score (nSPS) is 11.4. The topological polar surface area (TPSA) is 95.3 Å². The third kappa shape index (κ3) is 3.35. The second kappa shape index (κ2) is 5.72. The average molecular weight is 239 g/mol. The quantitative estimate of drug-likeness (QED) is 0.376. The highest BCUT2D eigenvalue weighted by molar-refractivity contribution is 5.76. The number of benzene rings is 1. The largest absolute Gasteiger partial charge is 0.505 e. The summed E-state index contributed by atoms with van der Waals surface area (Å²) in [6, 6.07) is 2.61. The number of azide groups is 1. The van der Waals surface area contributed by atoms with E-state index in [1.54, 1.807) is 0 Å². The van der Waals surface area contributed by atoms with Crippen LogP contribution in [0.1, 0.15) is 5.56 Å². The minimum Gasteiger partial charge on any atom is -0.505 e. The molecular formula is C10H10FN3O3. The molecule has 1 aromatic carbocycles. The Hall–Kier alpha value is -2.27. The highest BCUT2D eigenvalue weighted by Gasteiger charge is 2.18. The van der Waals surface area contributed by atoms with Gasteiger partial charge < -0.3 is 9.84 Å². The zero-order valence-electron chi connectivity index (χ0n) is 9.00.